The zero-order valence-corrected chi connectivity index (χ0v) is 11.2. The van der Waals surface area contributed by atoms with Crippen molar-refractivity contribution in [2.75, 3.05) is 5.73 Å². The summed E-state index contributed by atoms with van der Waals surface area (Å²) in [5.74, 6) is 0.956. The number of nitrogen functional groups attached to an aromatic ring is 1. The molecule has 0 saturated heterocycles. The molecule has 0 aliphatic carbocycles. The number of benzene rings is 1. The van der Waals surface area contributed by atoms with Gasteiger partial charge < -0.3 is 5.73 Å². The number of aromatic nitrogens is 2. The summed E-state index contributed by atoms with van der Waals surface area (Å²) in [5.41, 5.74) is 6.66. The molecule has 1 aromatic heterocycles. The summed E-state index contributed by atoms with van der Waals surface area (Å²) >= 11 is 1.76. The van der Waals surface area contributed by atoms with Crippen LogP contribution in [0.25, 0.3) is 10.9 Å². The molecule has 0 aliphatic rings. The molecule has 4 heteroatoms. The highest BCUT2D eigenvalue weighted by Gasteiger charge is 2.13. The molecule has 1 heterocycles. The van der Waals surface area contributed by atoms with Crippen LogP contribution in [0.3, 0.4) is 0 Å². The van der Waals surface area contributed by atoms with Crippen LogP contribution in [0, 0.1) is 5.92 Å². The summed E-state index contributed by atoms with van der Waals surface area (Å²) in [4.78, 5) is 8.60. The predicted molar refractivity (Wildman–Crippen MR) is 74.1 cm³/mol. The smallest absolute Gasteiger partial charge is 0.221 e. The Bertz CT molecular complexity index is 525. The average Bonchev–Trinajstić information content (AvgIpc) is 2.28. The molecule has 1 unspecified atom stereocenters. The van der Waals surface area contributed by atoms with Crippen molar-refractivity contribution in [3.63, 3.8) is 0 Å². The van der Waals surface area contributed by atoms with Gasteiger partial charge >= 0.3 is 0 Å². The van der Waals surface area contributed by atoms with Crippen LogP contribution >= 0.6 is 11.8 Å². The molecule has 2 N–H and O–H groups in total. The van der Waals surface area contributed by atoms with Crippen molar-refractivity contribution in [2.45, 2.75) is 31.0 Å². The molecule has 0 amide bonds. The SMILES string of the molecule is CC(C)C(C)Sc1nc(N)nc2ccccc12. The molecule has 0 bridgehead atoms. The Balaban J connectivity index is 2.45. The summed E-state index contributed by atoms with van der Waals surface area (Å²) < 4.78 is 0. The number of para-hydroxylation sites is 1. The van der Waals surface area contributed by atoms with Gasteiger partial charge in [-0.1, -0.05) is 39.0 Å². The molecule has 2 rings (SSSR count). The van der Waals surface area contributed by atoms with Crippen LogP contribution in [-0.4, -0.2) is 15.2 Å². The van der Waals surface area contributed by atoms with E-state index in [-0.39, 0.29) is 0 Å². The van der Waals surface area contributed by atoms with E-state index in [9.17, 15) is 0 Å². The fraction of sp³-hybridized carbons (Fsp3) is 0.385. The van der Waals surface area contributed by atoms with Gasteiger partial charge in [-0.25, -0.2) is 9.97 Å². The number of nitrogens with zero attached hydrogens (tertiary/aromatic N) is 2. The topological polar surface area (TPSA) is 51.8 Å². The maximum atomic E-state index is 5.74. The maximum Gasteiger partial charge on any atom is 0.221 e. The molecular weight excluding hydrogens is 230 g/mol. The molecule has 17 heavy (non-hydrogen) atoms. The fourth-order valence-electron chi connectivity index (χ4n) is 1.47. The number of hydrogen-bond acceptors (Lipinski definition) is 4. The van der Waals surface area contributed by atoms with E-state index < -0.39 is 0 Å². The molecule has 0 saturated carbocycles. The largest absolute Gasteiger partial charge is 0.368 e. The van der Waals surface area contributed by atoms with Crippen molar-refractivity contribution in [2.24, 2.45) is 5.92 Å². The fourth-order valence-corrected chi connectivity index (χ4v) is 2.54. The van der Waals surface area contributed by atoms with Crippen molar-refractivity contribution >= 4 is 28.6 Å². The number of fused-ring (bicyclic) bond motifs is 1. The number of rotatable bonds is 3. The molecule has 90 valence electrons. The molecule has 3 nitrogen and oxygen atoms in total. The van der Waals surface area contributed by atoms with Crippen LogP contribution in [0.2, 0.25) is 0 Å². The van der Waals surface area contributed by atoms with Gasteiger partial charge in [-0.15, -0.1) is 11.8 Å². The maximum absolute atomic E-state index is 5.74. The second-order valence-electron chi connectivity index (χ2n) is 4.47. The van der Waals surface area contributed by atoms with Crippen LogP contribution < -0.4 is 5.73 Å². The minimum atomic E-state index is 0.349. The van der Waals surface area contributed by atoms with Crippen LogP contribution in [-0.2, 0) is 0 Å². The summed E-state index contributed by atoms with van der Waals surface area (Å²) in [6.07, 6.45) is 0. The first-order valence-corrected chi connectivity index (χ1v) is 6.65. The zero-order chi connectivity index (χ0) is 12.4. The van der Waals surface area contributed by atoms with Gasteiger partial charge in [0.1, 0.15) is 5.03 Å². The van der Waals surface area contributed by atoms with Crippen molar-refractivity contribution in [3.05, 3.63) is 24.3 Å². The lowest BCUT2D eigenvalue weighted by Crippen LogP contribution is -2.07. The lowest BCUT2D eigenvalue weighted by atomic mass is 10.2. The summed E-state index contributed by atoms with van der Waals surface area (Å²) in [5, 5.41) is 2.57. The van der Waals surface area contributed by atoms with Crippen molar-refractivity contribution < 1.29 is 0 Å². The standard InChI is InChI=1S/C13H17N3S/c1-8(2)9(3)17-12-10-6-4-5-7-11(10)15-13(14)16-12/h4-9H,1-3H3,(H2,14,15,16). The Morgan fingerprint density at radius 2 is 1.82 bits per heavy atom. The van der Waals surface area contributed by atoms with Crippen molar-refractivity contribution in [1.82, 2.24) is 9.97 Å². The van der Waals surface area contributed by atoms with Crippen molar-refractivity contribution in [1.29, 1.82) is 0 Å². The summed E-state index contributed by atoms with van der Waals surface area (Å²) in [7, 11) is 0. The minimum Gasteiger partial charge on any atom is -0.368 e. The molecule has 1 aromatic carbocycles. The highest BCUT2D eigenvalue weighted by atomic mass is 32.2. The first kappa shape index (κ1) is 12.2. The van der Waals surface area contributed by atoms with Gasteiger partial charge in [0.2, 0.25) is 5.95 Å². The lowest BCUT2D eigenvalue weighted by Gasteiger charge is -2.15. The third-order valence-corrected chi connectivity index (χ3v) is 4.27. The van der Waals surface area contributed by atoms with Crippen LogP contribution in [0.4, 0.5) is 5.95 Å². The highest BCUT2D eigenvalue weighted by molar-refractivity contribution is 8.00. The van der Waals surface area contributed by atoms with Crippen LogP contribution in [0.15, 0.2) is 29.3 Å². The number of hydrogen-bond donors (Lipinski definition) is 1. The minimum absolute atomic E-state index is 0.349. The molecule has 2 aromatic rings. The lowest BCUT2D eigenvalue weighted by molar-refractivity contribution is 0.642. The van der Waals surface area contributed by atoms with Gasteiger partial charge in [-0.3, -0.25) is 0 Å². The highest BCUT2D eigenvalue weighted by Crippen LogP contribution is 2.31. The monoisotopic (exact) mass is 247 g/mol. The van der Waals surface area contributed by atoms with Gasteiger partial charge in [0.15, 0.2) is 0 Å². The zero-order valence-electron chi connectivity index (χ0n) is 10.3. The van der Waals surface area contributed by atoms with E-state index >= 15 is 0 Å². The van der Waals surface area contributed by atoms with Gasteiger partial charge in [0, 0.05) is 10.6 Å². The first-order valence-electron chi connectivity index (χ1n) is 5.77. The van der Waals surface area contributed by atoms with E-state index in [1.54, 1.807) is 11.8 Å². The van der Waals surface area contributed by atoms with E-state index in [4.69, 9.17) is 5.73 Å². The molecule has 0 spiro atoms. The molecule has 0 fully saturated rings. The van der Waals surface area contributed by atoms with E-state index in [0.717, 1.165) is 15.9 Å². The summed E-state index contributed by atoms with van der Waals surface area (Å²) in [6.45, 7) is 6.64. The van der Waals surface area contributed by atoms with E-state index in [1.807, 2.05) is 24.3 Å². The Hall–Kier alpha value is -1.29. The Morgan fingerprint density at radius 3 is 2.53 bits per heavy atom. The van der Waals surface area contributed by atoms with E-state index in [2.05, 4.69) is 30.7 Å². The average molecular weight is 247 g/mol. The molecule has 0 radical (unpaired) electrons. The normalized spacial score (nSPS) is 13.2. The van der Waals surface area contributed by atoms with Crippen molar-refractivity contribution in [3.8, 4) is 0 Å². The Kier molecular flexibility index (Phi) is 3.52. The molecule has 0 aliphatic heterocycles. The molecule has 1 atom stereocenters. The van der Waals surface area contributed by atoms with Gasteiger partial charge in [-0.05, 0) is 12.0 Å². The molecular formula is C13H17N3S. The van der Waals surface area contributed by atoms with Crippen LogP contribution in [0.5, 0.6) is 0 Å². The number of nitrogens with two attached hydrogens (primary N) is 1. The van der Waals surface area contributed by atoms with Gasteiger partial charge in [-0.2, -0.15) is 0 Å². The Labute approximate surface area is 106 Å². The van der Waals surface area contributed by atoms with E-state index in [1.165, 1.54) is 0 Å². The first-order chi connectivity index (χ1) is 8.08. The number of anilines is 1. The van der Waals surface area contributed by atoms with Gasteiger partial charge in [0.25, 0.3) is 0 Å². The summed E-state index contributed by atoms with van der Waals surface area (Å²) in [6, 6.07) is 7.99. The second kappa shape index (κ2) is 4.92. The quantitative estimate of drug-likeness (QED) is 0.667. The number of thioether (sulfide) groups is 1. The third-order valence-electron chi connectivity index (χ3n) is 2.82. The van der Waals surface area contributed by atoms with Crippen LogP contribution in [0.1, 0.15) is 20.8 Å². The predicted octanol–water partition coefficient (Wildman–Crippen LogP) is 3.35. The second-order valence-corrected chi connectivity index (χ2v) is 5.84. The third kappa shape index (κ3) is 2.69. The Morgan fingerprint density at radius 1 is 1.12 bits per heavy atom. The van der Waals surface area contributed by atoms with Gasteiger partial charge in [0.05, 0.1) is 5.52 Å². The van der Waals surface area contributed by atoms with E-state index in [0.29, 0.717) is 17.1 Å².